The van der Waals surface area contributed by atoms with Crippen LogP contribution in [0.5, 0.6) is 5.75 Å². The van der Waals surface area contributed by atoms with Crippen LogP contribution in [-0.4, -0.2) is 11.6 Å². The molecular weight excluding hydrogens is 214 g/mol. The Bertz CT molecular complexity index is 355. The van der Waals surface area contributed by atoms with E-state index in [1.165, 1.54) is 6.08 Å². The lowest BCUT2D eigenvalue weighted by atomic mass is 10.4. The zero-order valence-electron chi connectivity index (χ0n) is 7.57. The van der Waals surface area contributed by atoms with E-state index in [1.807, 2.05) is 0 Å². The van der Waals surface area contributed by atoms with Gasteiger partial charge in [-0.3, -0.25) is 0 Å². The van der Waals surface area contributed by atoms with Gasteiger partial charge in [-0.25, -0.2) is 0 Å². The number of ether oxygens (including phenoxy) is 1. The van der Waals surface area contributed by atoms with E-state index < -0.39 is 29.3 Å². The van der Waals surface area contributed by atoms with Crippen molar-refractivity contribution in [3.05, 3.63) is 36.2 Å². The summed E-state index contributed by atoms with van der Waals surface area (Å²) in [7, 11) is 0. The Hall–Kier alpha value is -1.59. The van der Waals surface area contributed by atoms with E-state index in [0.29, 0.717) is 6.42 Å². The first kappa shape index (κ1) is 11.5. The molecule has 1 aromatic heterocycles. The fourth-order valence-corrected chi connectivity index (χ4v) is 0.839. The second-order valence-electron chi connectivity index (χ2n) is 2.58. The number of hydrogen-bond donors (Lipinski definition) is 0. The van der Waals surface area contributed by atoms with Crippen molar-refractivity contribution in [1.82, 2.24) is 4.98 Å². The molecule has 82 valence electrons. The van der Waals surface area contributed by atoms with Crippen LogP contribution in [0.3, 0.4) is 0 Å². The molecule has 15 heavy (non-hydrogen) atoms. The van der Waals surface area contributed by atoms with Gasteiger partial charge in [0.1, 0.15) is 0 Å². The minimum Gasteiger partial charge on any atom is -0.487 e. The molecule has 0 spiro atoms. The van der Waals surface area contributed by atoms with Crippen LogP contribution >= 0.6 is 0 Å². The number of halogens is 4. The average Bonchev–Trinajstić information content (AvgIpc) is 2.20. The van der Waals surface area contributed by atoms with Crippen LogP contribution in [-0.2, 0) is 0 Å². The van der Waals surface area contributed by atoms with E-state index >= 15 is 0 Å². The summed E-state index contributed by atoms with van der Waals surface area (Å²) in [5.41, 5.74) is 0. The van der Waals surface area contributed by atoms with E-state index in [0.717, 1.165) is 0 Å². The van der Waals surface area contributed by atoms with Gasteiger partial charge in [-0.05, 0) is 6.42 Å². The van der Waals surface area contributed by atoms with Crippen LogP contribution in [0.2, 0.25) is 0 Å². The smallest absolute Gasteiger partial charge is 0.255 e. The molecule has 0 radical (unpaired) electrons. The van der Waals surface area contributed by atoms with Gasteiger partial charge in [0.25, 0.3) is 11.9 Å². The Morgan fingerprint density at radius 3 is 2.13 bits per heavy atom. The van der Waals surface area contributed by atoms with E-state index in [2.05, 4.69) is 16.3 Å². The minimum absolute atomic E-state index is 0.125. The first-order valence-corrected chi connectivity index (χ1v) is 4.01. The topological polar surface area (TPSA) is 22.1 Å². The molecule has 0 aliphatic rings. The summed E-state index contributed by atoms with van der Waals surface area (Å²) in [6.45, 7) is 3.22. The van der Waals surface area contributed by atoms with Crippen LogP contribution < -0.4 is 4.74 Å². The molecule has 1 heterocycles. The van der Waals surface area contributed by atoms with Crippen molar-refractivity contribution in [3.63, 3.8) is 0 Å². The maximum Gasteiger partial charge on any atom is 0.255 e. The summed E-state index contributed by atoms with van der Waals surface area (Å²) in [6, 6.07) is 0. The van der Waals surface area contributed by atoms with Crippen molar-refractivity contribution >= 4 is 0 Å². The van der Waals surface area contributed by atoms with Crippen molar-refractivity contribution in [2.75, 3.05) is 6.61 Å². The maximum absolute atomic E-state index is 12.9. The first-order chi connectivity index (χ1) is 7.07. The third-order valence-electron chi connectivity index (χ3n) is 1.53. The van der Waals surface area contributed by atoms with Crippen molar-refractivity contribution in [2.24, 2.45) is 0 Å². The van der Waals surface area contributed by atoms with Gasteiger partial charge in [0.15, 0.2) is 5.75 Å². The highest BCUT2D eigenvalue weighted by molar-refractivity contribution is 5.24. The number of pyridine rings is 1. The Labute approximate surface area is 83.2 Å². The fraction of sp³-hybridized carbons (Fsp3) is 0.222. The van der Waals surface area contributed by atoms with Crippen LogP contribution in [0.4, 0.5) is 17.6 Å². The highest BCUT2D eigenvalue weighted by atomic mass is 19.2. The Morgan fingerprint density at radius 1 is 1.13 bits per heavy atom. The lowest BCUT2D eigenvalue weighted by Crippen LogP contribution is -2.06. The Balaban J connectivity index is 2.98. The molecule has 0 amide bonds. The molecule has 2 nitrogen and oxygen atoms in total. The molecule has 1 aromatic rings. The number of nitrogens with zero attached hydrogens (tertiary/aromatic N) is 1. The summed E-state index contributed by atoms with van der Waals surface area (Å²) in [5, 5.41) is 0. The third-order valence-corrected chi connectivity index (χ3v) is 1.53. The SMILES string of the molecule is C=CCCOc1c(F)c(F)nc(F)c1F. The monoisotopic (exact) mass is 221 g/mol. The molecule has 0 aliphatic carbocycles. The molecular formula is C9H7F4NO. The Morgan fingerprint density at radius 2 is 1.67 bits per heavy atom. The molecule has 0 saturated carbocycles. The maximum atomic E-state index is 12.9. The van der Waals surface area contributed by atoms with Crippen LogP contribution in [0.25, 0.3) is 0 Å². The lowest BCUT2D eigenvalue weighted by Gasteiger charge is -2.07. The standard InChI is InChI=1S/C9H7F4NO/c1-2-3-4-15-7-5(10)8(12)14-9(13)6(7)11/h2H,1,3-4H2. The van der Waals surface area contributed by atoms with Crippen LogP contribution in [0.15, 0.2) is 12.7 Å². The number of rotatable bonds is 4. The molecule has 0 fully saturated rings. The zero-order chi connectivity index (χ0) is 11.4. The highest BCUT2D eigenvalue weighted by Gasteiger charge is 2.21. The van der Waals surface area contributed by atoms with Crippen molar-refractivity contribution in [2.45, 2.75) is 6.42 Å². The van der Waals surface area contributed by atoms with E-state index in [9.17, 15) is 17.6 Å². The first-order valence-electron chi connectivity index (χ1n) is 4.01. The van der Waals surface area contributed by atoms with Gasteiger partial charge in [0, 0.05) is 0 Å². The summed E-state index contributed by atoms with van der Waals surface area (Å²) in [6.07, 6.45) is 1.73. The molecule has 1 rings (SSSR count). The van der Waals surface area contributed by atoms with Gasteiger partial charge in [0.2, 0.25) is 11.6 Å². The lowest BCUT2D eigenvalue weighted by molar-refractivity contribution is 0.269. The van der Waals surface area contributed by atoms with E-state index in [1.54, 1.807) is 0 Å². The molecule has 0 bridgehead atoms. The van der Waals surface area contributed by atoms with Gasteiger partial charge in [0.05, 0.1) is 6.61 Å². The number of hydrogen-bond acceptors (Lipinski definition) is 2. The summed E-state index contributed by atoms with van der Waals surface area (Å²) < 4.78 is 55.4. The zero-order valence-corrected chi connectivity index (χ0v) is 7.57. The molecule has 6 heteroatoms. The highest BCUT2D eigenvalue weighted by Crippen LogP contribution is 2.24. The van der Waals surface area contributed by atoms with Gasteiger partial charge >= 0.3 is 0 Å². The fourth-order valence-electron chi connectivity index (χ4n) is 0.839. The van der Waals surface area contributed by atoms with E-state index in [4.69, 9.17) is 0 Å². The van der Waals surface area contributed by atoms with E-state index in [-0.39, 0.29) is 6.61 Å². The minimum atomic E-state index is -1.73. The summed E-state index contributed by atoms with van der Waals surface area (Å²) >= 11 is 0. The predicted molar refractivity (Wildman–Crippen MR) is 44.4 cm³/mol. The molecule has 0 aliphatic heterocycles. The molecule has 0 unspecified atom stereocenters. The quantitative estimate of drug-likeness (QED) is 0.337. The second-order valence-corrected chi connectivity index (χ2v) is 2.58. The predicted octanol–water partition coefficient (Wildman–Crippen LogP) is 2.59. The summed E-state index contributed by atoms with van der Waals surface area (Å²) in [4.78, 5) is 2.38. The Kier molecular flexibility index (Phi) is 3.65. The average molecular weight is 221 g/mol. The van der Waals surface area contributed by atoms with Crippen molar-refractivity contribution in [1.29, 1.82) is 0 Å². The molecule has 0 atom stereocenters. The van der Waals surface area contributed by atoms with Gasteiger partial charge in [-0.15, -0.1) is 6.58 Å². The van der Waals surface area contributed by atoms with Crippen LogP contribution in [0, 0.1) is 23.5 Å². The largest absolute Gasteiger partial charge is 0.487 e. The molecule has 0 saturated heterocycles. The van der Waals surface area contributed by atoms with Crippen LogP contribution in [0.1, 0.15) is 6.42 Å². The van der Waals surface area contributed by atoms with Crippen molar-refractivity contribution < 1.29 is 22.3 Å². The third kappa shape index (κ3) is 2.45. The van der Waals surface area contributed by atoms with Crippen molar-refractivity contribution in [3.8, 4) is 5.75 Å². The van der Waals surface area contributed by atoms with Gasteiger partial charge in [-0.2, -0.15) is 22.5 Å². The number of aromatic nitrogens is 1. The molecule has 0 aromatic carbocycles. The van der Waals surface area contributed by atoms with Gasteiger partial charge < -0.3 is 4.74 Å². The normalized spacial score (nSPS) is 10.1. The summed E-state index contributed by atoms with van der Waals surface area (Å²) in [5.74, 6) is -7.84. The van der Waals surface area contributed by atoms with Gasteiger partial charge in [-0.1, -0.05) is 6.08 Å². The second kappa shape index (κ2) is 4.77. The molecule has 0 N–H and O–H groups in total.